The summed E-state index contributed by atoms with van der Waals surface area (Å²) in [6.07, 6.45) is -0.856. The molecule has 1 N–H and O–H groups in total. The molecule has 3 rings (SSSR count). The lowest BCUT2D eigenvalue weighted by Crippen LogP contribution is -2.37. The van der Waals surface area contributed by atoms with E-state index in [-0.39, 0.29) is 11.5 Å². The Morgan fingerprint density at radius 1 is 1.03 bits per heavy atom. The molecule has 10 heteroatoms. The molecule has 31 heavy (non-hydrogen) atoms. The normalized spacial score (nSPS) is 12.6. The van der Waals surface area contributed by atoms with E-state index in [2.05, 4.69) is 10.3 Å². The number of carbonyl (C=O) groups excluding carboxylic acids is 1. The molecule has 3 aromatic rings. The second-order valence-electron chi connectivity index (χ2n) is 7.89. The van der Waals surface area contributed by atoms with Crippen LogP contribution in [0.4, 0.5) is 22.4 Å². The van der Waals surface area contributed by atoms with Gasteiger partial charge in [0.25, 0.3) is 5.56 Å². The number of benzene rings is 2. The third-order valence-electron chi connectivity index (χ3n) is 4.14. The Morgan fingerprint density at radius 3 is 2.19 bits per heavy atom. The van der Waals surface area contributed by atoms with Gasteiger partial charge in [-0.15, -0.1) is 0 Å². The molecule has 0 aliphatic carbocycles. The average Bonchev–Trinajstić information content (AvgIpc) is 2.59. The first kappa shape index (κ1) is 22.3. The van der Waals surface area contributed by atoms with Crippen LogP contribution in [0, 0.1) is 23.3 Å². The number of amides is 1. The summed E-state index contributed by atoms with van der Waals surface area (Å²) in [5, 5.41) is 2.01. The molecule has 0 radical (unpaired) electrons. The van der Waals surface area contributed by atoms with Crippen LogP contribution in [0.3, 0.4) is 0 Å². The van der Waals surface area contributed by atoms with E-state index in [9.17, 15) is 27.2 Å². The number of alkyl carbamates (subject to hydrolysis) is 1. The largest absolute Gasteiger partial charge is 0.444 e. The van der Waals surface area contributed by atoms with Gasteiger partial charge >= 0.3 is 6.09 Å². The van der Waals surface area contributed by atoms with Crippen molar-refractivity contribution in [1.29, 1.82) is 0 Å². The Morgan fingerprint density at radius 2 is 1.61 bits per heavy atom. The highest BCUT2D eigenvalue weighted by Gasteiger charge is 2.24. The fourth-order valence-electron chi connectivity index (χ4n) is 2.99. The maximum atomic E-state index is 14.3. The van der Waals surface area contributed by atoms with Crippen molar-refractivity contribution in [2.75, 3.05) is 0 Å². The minimum atomic E-state index is -1.10. The van der Waals surface area contributed by atoms with Crippen molar-refractivity contribution in [3.63, 3.8) is 0 Å². The first-order valence-corrected chi connectivity index (χ1v) is 9.23. The quantitative estimate of drug-likeness (QED) is 0.612. The van der Waals surface area contributed by atoms with Crippen molar-refractivity contribution in [1.82, 2.24) is 14.9 Å². The van der Waals surface area contributed by atoms with E-state index in [1.54, 1.807) is 20.8 Å². The summed E-state index contributed by atoms with van der Waals surface area (Å²) < 4.78 is 61.7. The van der Waals surface area contributed by atoms with Gasteiger partial charge in [-0.25, -0.2) is 27.3 Å². The molecule has 1 heterocycles. The molecule has 0 spiro atoms. The van der Waals surface area contributed by atoms with Crippen molar-refractivity contribution in [3.8, 4) is 5.69 Å². The summed E-state index contributed by atoms with van der Waals surface area (Å²) in [5.74, 6) is -4.32. The molecule has 0 aliphatic rings. The fourth-order valence-corrected chi connectivity index (χ4v) is 2.99. The highest BCUT2D eigenvalue weighted by Crippen LogP contribution is 2.22. The lowest BCUT2D eigenvalue weighted by molar-refractivity contribution is 0.0505. The molecule has 1 amide bonds. The lowest BCUT2D eigenvalue weighted by Gasteiger charge is -2.23. The maximum Gasteiger partial charge on any atom is 0.408 e. The van der Waals surface area contributed by atoms with Gasteiger partial charge in [-0.2, -0.15) is 0 Å². The Balaban J connectivity index is 2.25. The molecule has 0 fully saturated rings. The van der Waals surface area contributed by atoms with Crippen molar-refractivity contribution >= 4 is 17.0 Å². The van der Waals surface area contributed by atoms with Gasteiger partial charge in [-0.3, -0.25) is 9.36 Å². The monoisotopic (exact) mass is 437 g/mol. The Bertz CT molecular complexity index is 1210. The molecule has 0 saturated heterocycles. The second kappa shape index (κ2) is 8.01. The lowest BCUT2D eigenvalue weighted by atomic mass is 10.2. The minimum absolute atomic E-state index is 0.237. The van der Waals surface area contributed by atoms with Crippen LogP contribution in [0.5, 0.6) is 0 Å². The highest BCUT2D eigenvalue weighted by atomic mass is 19.1. The van der Waals surface area contributed by atoms with Crippen molar-refractivity contribution in [2.45, 2.75) is 39.3 Å². The van der Waals surface area contributed by atoms with Crippen molar-refractivity contribution in [2.24, 2.45) is 0 Å². The molecule has 164 valence electrons. The van der Waals surface area contributed by atoms with Crippen LogP contribution in [0.1, 0.15) is 39.6 Å². The molecule has 1 atom stereocenters. The van der Waals surface area contributed by atoms with E-state index in [1.807, 2.05) is 0 Å². The zero-order valence-corrected chi connectivity index (χ0v) is 17.1. The van der Waals surface area contributed by atoms with Crippen molar-refractivity contribution in [3.05, 3.63) is 69.8 Å². The molecule has 0 bridgehead atoms. The topological polar surface area (TPSA) is 73.2 Å². The van der Waals surface area contributed by atoms with Gasteiger partial charge in [-0.1, -0.05) is 0 Å². The molecule has 1 aromatic heterocycles. The number of fused-ring (bicyclic) bond motifs is 1. The zero-order valence-electron chi connectivity index (χ0n) is 17.1. The SMILES string of the molecule is C[C@H](NC(=O)OC(C)(C)C)c1nc2c(F)cc(F)cc2c(=O)n1-c1cc(F)cc(F)c1. The van der Waals surface area contributed by atoms with Crippen LogP contribution in [0.15, 0.2) is 35.1 Å². The average molecular weight is 437 g/mol. The predicted octanol–water partition coefficient (Wildman–Crippen LogP) is 4.53. The van der Waals surface area contributed by atoms with E-state index in [0.29, 0.717) is 12.1 Å². The minimum Gasteiger partial charge on any atom is -0.444 e. The van der Waals surface area contributed by atoms with Gasteiger partial charge in [0.1, 0.15) is 34.4 Å². The van der Waals surface area contributed by atoms with E-state index < -0.39 is 57.5 Å². The number of halogens is 4. The molecule has 0 aliphatic heterocycles. The third-order valence-corrected chi connectivity index (χ3v) is 4.14. The van der Waals surface area contributed by atoms with Crippen LogP contribution in [0.2, 0.25) is 0 Å². The van der Waals surface area contributed by atoms with Gasteiger partial charge in [-0.05, 0) is 45.9 Å². The molecule has 0 saturated carbocycles. The summed E-state index contributed by atoms with van der Waals surface area (Å²) in [7, 11) is 0. The predicted molar refractivity (Wildman–Crippen MR) is 105 cm³/mol. The van der Waals surface area contributed by atoms with Gasteiger partial charge < -0.3 is 10.1 Å². The summed E-state index contributed by atoms with van der Waals surface area (Å²) in [6.45, 7) is 6.34. The van der Waals surface area contributed by atoms with E-state index >= 15 is 0 Å². The van der Waals surface area contributed by atoms with Crippen molar-refractivity contribution < 1.29 is 27.1 Å². The molecular formula is C21H19F4N3O3. The number of carbonyl (C=O) groups is 1. The molecule has 6 nitrogen and oxygen atoms in total. The van der Waals surface area contributed by atoms with E-state index in [1.165, 1.54) is 6.92 Å². The van der Waals surface area contributed by atoms with Gasteiger partial charge in [0.05, 0.1) is 17.1 Å². The summed E-state index contributed by atoms with van der Waals surface area (Å²) in [5.41, 5.74) is -2.52. The number of rotatable bonds is 3. The van der Waals surface area contributed by atoms with Gasteiger partial charge in [0, 0.05) is 12.1 Å². The van der Waals surface area contributed by atoms with Crippen LogP contribution >= 0.6 is 0 Å². The van der Waals surface area contributed by atoms with Gasteiger partial charge in [0.2, 0.25) is 0 Å². The standard InChI is InChI=1S/C21H19F4N3O3/c1-10(26-20(30)31-21(2,3)4)18-27-17-15(8-13(24)9-16(17)25)19(29)28(18)14-6-11(22)5-12(23)7-14/h5-10H,1-4H3,(H,26,30)/t10-/m0/s1. The van der Waals surface area contributed by atoms with Gasteiger partial charge in [0.15, 0.2) is 5.82 Å². The summed E-state index contributed by atoms with van der Waals surface area (Å²) >= 11 is 0. The molecule has 2 aromatic carbocycles. The van der Waals surface area contributed by atoms with E-state index in [4.69, 9.17) is 4.74 Å². The van der Waals surface area contributed by atoms with Crippen LogP contribution in [-0.4, -0.2) is 21.2 Å². The number of nitrogens with one attached hydrogen (secondary N) is 1. The fraction of sp³-hybridized carbons (Fsp3) is 0.286. The summed E-state index contributed by atoms with van der Waals surface area (Å²) in [6, 6.07) is 2.59. The van der Waals surface area contributed by atoms with E-state index in [0.717, 1.165) is 22.8 Å². The molecule has 0 unspecified atom stereocenters. The maximum absolute atomic E-state index is 14.3. The van der Waals surface area contributed by atoms with Crippen LogP contribution in [-0.2, 0) is 4.74 Å². The number of hydrogen-bond donors (Lipinski definition) is 1. The number of aromatic nitrogens is 2. The number of hydrogen-bond acceptors (Lipinski definition) is 4. The zero-order chi connectivity index (χ0) is 23.1. The first-order valence-electron chi connectivity index (χ1n) is 9.23. The highest BCUT2D eigenvalue weighted by molar-refractivity contribution is 5.79. The Hall–Kier alpha value is -3.43. The third kappa shape index (κ3) is 4.84. The Kier molecular flexibility index (Phi) is 5.75. The molecular weight excluding hydrogens is 418 g/mol. The number of nitrogens with zero attached hydrogens (tertiary/aromatic N) is 2. The van der Waals surface area contributed by atoms with Crippen LogP contribution in [0.25, 0.3) is 16.6 Å². The smallest absolute Gasteiger partial charge is 0.408 e. The van der Waals surface area contributed by atoms with Crippen LogP contribution < -0.4 is 10.9 Å². The second-order valence-corrected chi connectivity index (χ2v) is 7.89. The first-order chi connectivity index (χ1) is 14.4. The Labute approximate surface area is 174 Å². The summed E-state index contributed by atoms with van der Waals surface area (Å²) in [4.78, 5) is 29.3. The number of ether oxygens (including phenoxy) is 1.